The van der Waals surface area contributed by atoms with Gasteiger partial charge in [-0.1, -0.05) is 61.0 Å². The highest BCUT2D eigenvalue weighted by Crippen LogP contribution is 2.37. The van der Waals surface area contributed by atoms with Gasteiger partial charge in [-0.05, 0) is 41.2 Å². The lowest BCUT2D eigenvalue weighted by atomic mass is 9.83. The number of rotatable bonds is 5. The molecule has 0 aliphatic heterocycles. The highest BCUT2D eigenvalue weighted by atomic mass is 14.2. The van der Waals surface area contributed by atoms with Crippen LogP contribution in [0.2, 0.25) is 0 Å². The molecule has 0 bridgehead atoms. The van der Waals surface area contributed by atoms with Gasteiger partial charge in [-0.3, -0.25) is 0 Å². The topological polar surface area (TPSA) is 0 Å². The number of unbranched alkanes of at least 4 members (excludes halogenated alkanes) is 2. The zero-order valence-electron chi connectivity index (χ0n) is 11.3. The van der Waals surface area contributed by atoms with Crippen LogP contribution in [0, 0.1) is 0 Å². The summed E-state index contributed by atoms with van der Waals surface area (Å²) in [5.41, 5.74) is 2.88. The molecule has 0 fully saturated rings. The molecule has 0 saturated carbocycles. The third-order valence-electron chi connectivity index (χ3n) is 4.05. The van der Waals surface area contributed by atoms with Crippen molar-refractivity contribution in [2.75, 3.05) is 0 Å². The van der Waals surface area contributed by atoms with E-state index in [1.54, 1.807) is 0 Å². The van der Waals surface area contributed by atoms with Crippen LogP contribution < -0.4 is 0 Å². The molecule has 1 atom stereocenters. The van der Waals surface area contributed by atoms with Gasteiger partial charge in [0.2, 0.25) is 0 Å². The number of hydrogen-bond donors (Lipinski definition) is 0. The minimum absolute atomic E-state index is 0.586. The normalized spacial score (nSPS) is 16.7. The predicted octanol–water partition coefficient (Wildman–Crippen LogP) is 5.70. The Kier molecular flexibility index (Phi) is 3.50. The maximum Gasteiger partial charge on any atom is 0.00276 e. The summed E-state index contributed by atoms with van der Waals surface area (Å²) in [4.78, 5) is 0. The first-order valence-electron chi connectivity index (χ1n) is 7.21. The van der Waals surface area contributed by atoms with Crippen LogP contribution in [0.4, 0.5) is 0 Å². The van der Waals surface area contributed by atoms with Gasteiger partial charge >= 0.3 is 0 Å². The van der Waals surface area contributed by atoms with E-state index < -0.39 is 0 Å². The van der Waals surface area contributed by atoms with E-state index in [4.69, 9.17) is 0 Å². The lowest BCUT2D eigenvalue weighted by Crippen LogP contribution is -2.01. The Morgan fingerprint density at radius 1 is 1.05 bits per heavy atom. The van der Waals surface area contributed by atoms with E-state index in [0.29, 0.717) is 5.92 Å². The van der Waals surface area contributed by atoms with Crippen molar-refractivity contribution in [2.45, 2.75) is 31.6 Å². The van der Waals surface area contributed by atoms with Crippen LogP contribution >= 0.6 is 0 Å². The molecule has 0 heteroatoms. The molecule has 2 aromatic rings. The fourth-order valence-electron chi connectivity index (χ4n) is 3.08. The van der Waals surface area contributed by atoms with Crippen molar-refractivity contribution in [3.05, 3.63) is 66.3 Å². The summed E-state index contributed by atoms with van der Waals surface area (Å²) >= 11 is 0. The molecule has 1 unspecified atom stereocenters. The van der Waals surface area contributed by atoms with Gasteiger partial charge in [-0.25, -0.2) is 0 Å². The number of hydrogen-bond acceptors (Lipinski definition) is 0. The molecule has 0 aromatic heterocycles. The molecule has 0 saturated heterocycles. The summed E-state index contributed by atoms with van der Waals surface area (Å²) in [7, 11) is 0. The first kappa shape index (κ1) is 12.2. The van der Waals surface area contributed by atoms with Gasteiger partial charge in [-0.2, -0.15) is 0 Å². The molecular weight excluding hydrogens is 228 g/mol. The molecule has 0 amide bonds. The van der Waals surface area contributed by atoms with Crippen molar-refractivity contribution in [1.82, 2.24) is 0 Å². The maximum absolute atomic E-state index is 3.79. The van der Waals surface area contributed by atoms with Gasteiger partial charge in [0, 0.05) is 5.92 Å². The largest absolute Gasteiger partial charge is 0.103 e. The van der Waals surface area contributed by atoms with Gasteiger partial charge < -0.3 is 0 Å². The van der Waals surface area contributed by atoms with Crippen LogP contribution in [-0.2, 0) is 0 Å². The molecule has 2 aromatic carbocycles. The summed E-state index contributed by atoms with van der Waals surface area (Å²) in [6.45, 7) is 3.79. The van der Waals surface area contributed by atoms with E-state index in [1.165, 1.54) is 41.2 Å². The smallest absolute Gasteiger partial charge is 0.00276 e. The fraction of sp³-hybridized carbons (Fsp3) is 0.263. The SMILES string of the molecule is C=CCCCCC1C=Cc2cccc3cccc1c23. The molecule has 1 aliphatic rings. The molecule has 0 nitrogen and oxygen atoms in total. The summed E-state index contributed by atoms with van der Waals surface area (Å²) in [6.07, 6.45) is 11.6. The van der Waals surface area contributed by atoms with Gasteiger partial charge in [-0.15, -0.1) is 6.58 Å². The molecule has 19 heavy (non-hydrogen) atoms. The second-order valence-corrected chi connectivity index (χ2v) is 5.33. The molecule has 3 rings (SSSR count). The number of allylic oxidation sites excluding steroid dienone is 2. The lowest BCUT2D eigenvalue weighted by molar-refractivity contribution is 0.645. The third-order valence-corrected chi connectivity index (χ3v) is 4.05. The highest BCUT2D eigenvalue weighted by molar-refractivity contribution is 5.95. The van der Waals surface area contributed by atoms with Gasteiger partial charge in [0.05, 0.1) is 0 Å². The minimum Gasteiger partial charge on any atom is -0.103 e. The molecule has 1 aliphatic carbocycles. The maximum atomic E-state index is 3.79. The van der Waals surface area contributed by atoms with Crippen LogP contribution in [-0.4, -0.2) is 0 Å². The van der Waals surface area contributed by atoms with Crippen molar-refractivity contribution < 1.29 is 0 Å². The van der Waals surface area contributed by atoms with Crippen molar-refractivity contribution >= 4 is 16.8 Å². The highest BCUT2D eigenvalue weighted by Gasteiger charge is 2.16. The van der Waals surface area contributed by atoms with Crippen molar-refractivity contribution in [3.8, 4) is 0 Å². The van der Waals surface area contributed by atoms with Crippen LogP contribution in [0.25, 0.3) is 16.8 Å². The van der Waals surface area contributed by atoms with Crippen LogP contribution in [0.3, 0.4) is 0 Å². The Morgan fingerprint density at radius 2 is 1.89 bits per heavy atom. The summed E-state index contributed by atoms with van der Waals surface area (Å²) < 4.78 is 0. The third kappa shape index (κ3) is 2.35. The molecular formula is C19H20. The Morgan fingerprint density at radius 3 is 2.74 bits per heavy atom. The fourth-order valence-corrected chi connectivity index (χ4v) is 3.08. The summed E-state index contributed by atoms with van der Waals surface area (Å²) in [5, 5.41) is 2.83. The van der Waals surface area contributed by atoms with Gasteiger partial charge in [0.25, 0.3) is 0 Å². The quantitative estimate of drug-likeness (QED) is 0.470. The molecule has 0 heterocycles. The van der Waals surface area contributed by atoms with Crippen molar-refractivity contribution in [2.24, 2.45) is 0 Å². The van der Waals surface area contributed by atoms with E-state index in [0.717, 1.165) is 6.42 Å². The molecule has 0 spiro atoms. The zero-order chi connectivity index (χ0) is 13.1. The standard InChI is InChI=1S/C19H20/c1-2-3-4-5-8-15-13-14-17-10-6-9-16-11-7-12-18(15)19(16)17/h2,6-7,9-15H,1,3-5,8H2. The lowest BCUT2D eigenvalue weighted by Gasteiger charge is -2.21. The molecule has 96 valence electrons. The summed E-state index contributed by atoms with van der Waals surface area (Å²) in [5.74, 6) is 0.586. The second kappa shape index (κ2) is 5.44. The van der Waals surface area contributed by atoms with Crippen LogP contribution in [0.15, 0.2) is 55.1 Å². The van der Waals surface area contributed by atoms with Crippen molar-refractivity contribution in [3.63, 3.8) is 0 Å². The van der Waals surface area contributed by atoms with Gasteiger partial charge in [0.15, 0.2) is 0 Å². The van der Waals surface area contributed by atoms with E-state index in [2.05, 4.69) is 55.1 Å². The van der Waals surface area contributed by atoms with E-state index in [1.807, 2.05) is 6.08 Å². The van der Waals surface area contributed by atoms with Crippen LogP contribution in [0.5, 0.6) is 0 Å². The molecule has 0 N–H and O–H groups in total. The minimum atomic E-state index is 0.586. The number of benzene rings is 2. The Hall–Kier alpha value is -1.82. The monoisotopic (exact) mass is 248 g/mol. The van der Waals surface area contributed by atoms with Crippen LogP contribution in [0.1, 0.15) is 42.7 Å². The van der Waals surface area contributed by atoms with E-state index >= 15 is 0 Å². The Labute approximate surface area is 115 Å². The second-order valence-electron chi connectivity index (χ2n) is 5.33. The molecule has 0 radical (unpaired) electrons. The summed E-state index contributed by atoms with van der Waals surface area (Å²) in [6, 6.07) is 13.3. The zero-order valence-corrected chi connectivity index (χ0v) is 11.3. The van der Waals surface area contributed by atoms with E-state index in [-0.39, 0.29) is 0 Å². The average molecular weight is 248 g/mol. The van der Waals surface area contributed by atoms with Crippen molar-refractivity contribution in [1.29, 1.82) is 0 Å². The Bertz CT molecular complexity index is 614. The van der Waals surface area contributed by atoms with E-state index in [9.17, 15) is 0 Å². The average Bonchev–Trinajstić information content (AvgIpc) is 2.46. The first-order chi connectivity index (χ1) is 9.40. The van der Waals surface area contributed by atoms with Gasteiger partial charge in [0.1, 0.15) is 0 Å². The first-order valence-corrected chi connectivity index (χ1v) is 7.21. The predicted molar refractivity (Wildman–Crippen MR) is 84.4 cm³/mol. The Balaban J connectivity index is 1.89.